The van der Waals surface area contributed by atoms with Crippen LogP contribution >= 0.6 is 23.1 Å². The fourth-order valence-corrected chi connectivity index (χ4v) is 3.98. The molecule has 1 N–H and O–H groups in total. The van der Waals surface area contributed by atoms with Crippen LogP contribution in [0.2, 0.25) is 0 Å². The molecule has 0 spiro atoms. The van der Waals surface area contributed by atoms with Crippen LogP contribution in [0.5, 0.6) is 0 Å². The van der Waals surface area contributed by atoms with Crippen LogP contribution in [0.3, 0.4) is 0 Å². The first-order valence-electron chi connectivity index (χ1n) is 6.76. The zero-order valence-electron chi connectivity index (χ0n) is 12.1. The van der Waals surface area contributed by atoms with Crippen molar-refractivity contribution in [1.29, 1.82) is 0 Å². The molecule has 2 aromatic carbocycles. The summed E-state index contributed by atoms with van der Waals surface area (Å²) in [6.45, 7) is 0. The predicted molar refractivity (Wildman–Crippen MR) is 94.2 cm³/mol. The zero-order chi connectivity index (χ0) is 17.1. The van der Waals surface area contributed by atoms with Gasteiger partial charge in [0.15, 0.2) is 4.34 Å². The van der Waals surface area contributed by atoms with Gasteiger partial charge < -0.3 is 5.11 Å². The molecule has 0 aliphatic rings. The summed E-state index contributed by atoms with van der Waals surface area (Å²) in [4.78, 5) is 26.1. The molecular weight excluding hydrogens is 348 g/mol. The van der Waals surface area contributed by atoms with E-state index in [1.165, 1.54) is 41.7 Å². The number of rotatable bonds is 5. The molecule has 0 aliphatic carbocycles. The summed E-state index contributed by atoms with van der Waals surface area (Å²) >= 11 is 2.48. The molecule has 3 aromatic rings. The van der Waals surface area contributed by atoms with Crippen LogP contribution < -0.4 is 0 Å². The van der Waals surface area contributed by atoms with Crippen LogP contribution in [-0.2, 0) is 4.79 Å². The third kappa shape index (κ3) is 3.61. The highest BCUT2D eigenvalue weighted by molar-refractivity contribution is 8.05. The Kier molecular flexibility index (Phi) is 4.59. The van der Waals surface area contributed by atoms with E-state index >= 15 is 0 Å². The van der Waals surface area contributed by atoms with E-state index in [9.17, 15) is 20.0 Å². The highest BCUT2D eigenvalue weighted by Crippen LogP contribution is 2.34. The number of benzene rings is 2. The molecule has 8 heteroatoms. The average molecular weight is 358 g/mol. The zero-order valence-corrected chi connectivity index (χ0v) is 13.7. The lowest BCUT2D eigenvalue weighted by Crippen LogP contribution is -1.96. The quantitative estimate of drug-likeness (QED) is 0.314. The Morgan fingerprint density at radius 1 is 1.21 bits per heavy atom. The maximum Gasteiger partial charge on any atom is 0.342 e. The Labute approximate surface area is 144 Å². The third-order valence-corrected chi connectivity index (χ3v) is 5.19. The predicted octanol–water partition coefficient (Wildman–Crippen LogP) is 4.42. The van der Waals surface area contributed by atoms with Crippen LogP contribution in [0.25, 0.3) is 16.3 Å². The van der Waals surface area contributed by atoms with Crippen molar-refractivity contribution in [3.63, 3.8) is 0 Å². The summed E-state index contributed by atoms with van der Waals surface area (Å²) in [5.41, 5.74) is 1.36. The number of nitro benzene ring substituents is 1. The molecule has 0 fully saturated rings. The summed E-state index contributed by atoms with van der Waals surface area (Å²) in [5, 5.41) is 20.0. The molecule has 3 rings (SSSR count). The highest BCUT2D eigenvalue weighted by Gasteiger charge is 2.14. The normalized spacial score (nSPS) is 11.6. The first-order valence-corrected chi connectivity index (χ1v) is 8.39. The number of carboxylic acid groups (broad SMARTS) is 1. The van der Waals surface area contributed by atoms with Gasteiger partial charge in [0.1, 0.15) is 4.91 Å². The Hall–Kier alpha value is -2.71. The summed E-state index contributed by atoms with van der Waals surface area (Å²) in [6.07, 6.45) is 1.47. The van der Waals surface area contributed by atoms with Gasteiger partial charge >= 0.3 is 5.97 Å². The fraction of sp³-hybridized carbons (Fsp3) is 0. The van der Waals surface area contributed by atoms with Crippen LogP contribution in [0.4, 0.5) is 5.69 Å². The molecule has 0 amide bonds. The van der Waals surface area contributed by atoms with E-state index in [1.54, 1.807) is 0 Å². The Balaban J connectivity index is 1.88. The minimum Gasteiger partial charge on any atom is -0.477 e. The van der Waals surface area contributed by atoms with Gasteiger partial charge in [-0.3, -0.25) is 10.1 Å². The second-order valence-electron chi connectivity index (χ2n) is 4.71. The van der Waals surface area contributed by atoms with Crippen LogP contribution in [0, 0.1) is 10.1 Å². The standard InChI is InChI=1S/C16H10N2O4S2/c19-15(20)14(9-10-5-7-11(8-6-10)18(21)22)24-16-17-12-3-1-2-4-13(12)23-16/h1-9H,(H,19,20)/b14-9+. The molecular formula is C16H10N2O4S2. The van der Waals surface area contributed by atoms with Crippen molar-refractivity contribution >= 4 is 51.0 Å². The van der Waals surface area contributed by atoms with Gasteiger partial charge in [-0.2, -0.15) is 0 Å². The molecule has 1 heterocycles. The Morgan fingerprint density at radius 3 is 2.54 bits per heavy atom. The second-order valence-corrected chi connectivity index (χ2v) is 7.03. The molecule has 0 aliphatic heterocycles. The number of aromatic nitrogens is 1. The fourth-order valence-electron chi connectivity index (χ4n) is 1.97. The van der Waals surface area contributed by atoms with Crippen LogP contribution in [0.1, 0.15) is 5.56 Å². The molecule has 0 bridgehead atoms. The third-order valence-electron chi connectivity index (χ3n) is 3.08. The number of aliphatic carboxylic acids is 1. The first-order chi connectivity index (χ1) is 11.5. The second kappa shape index (κ2) is 6.81. The van der Waals surface area contributed by atoms with Gasteiger partial charge in [0.25, 0.3) is 5.69 Å². The van der Waals surface area contributed by atoms with E-state index < -0.39 is 10.9 Å². The number of para-hydroxylation sites is 1. The van der Waals surface area contributed by atoms with Crippen LogP contribution in [-0.4, -0.2) is 21.0 Å². The Bertz CT molecular complexity index is 915. The van der Waals surface area contributed by atoms with Crippen molar-refractivity contribution in [2.45, 2.75) is 4.34 Å². The number of hydrogen-bond acceptors (Lipinski definition) is 6. The van der Waals surface area contributed by atoms with Gasteiger partial charge in [0, 0.05) is 12.1 Å². The summed E-state index contributed by atoms with van der Waals surface area (Å²) in [5.74, 6) is -1.07. The molecule has 0 saturated carbocycles. The van der Waals surface area contributed by atoms with Gasteiger partial charge in [-0.1, -0.05) is 23.9 Å². The van der Waals surface area contributed by atoms with E-state index in [2.05, 4.69) is 4.98 Å². The number of thioether (sulfide) groups is 1. The topological polar surface area (TPSA) is 93.3 Å². The van der Waals surface area contributed by atoms with Crippen molar-refractivity contribution in [1.82, 2.24) is 4.98 Å². The number of carbonyl (C=O) groups is 1. The molecule has 0 radical (unpaired) electrons. The minimum atomic E-state index is -1.07. The minimum absolute atomic E-state index is 0.0390. The number of nitrogens with zero attached hydrogens (tertiary/aromatic N) is 2. The van der Waals surface area contributed by atoms with Crippen molar-refractivity contribution in [3.05, 3.63) is 69.1 Å². The van der Waals surface area contributed by atoms with E-state index in [0.29, 0.717) is 9.90 Å². The van der Waals surface area contributed by atoms with Crippen molar-refractivity contribution < 1.29 is 14.8 Å². The molecule has 1 aromatic heterocycles. The summed E-state index contributed by atoms with van der Waals surface area (Å²) in [6, 6.07) is 13.3. The van der Waals surface area contributed by atoms with Gasteiger partial charge in [-0.05, 0) is 35.9 Å². The number of fused-ring (bicyclic) bond motifs is 1. The number of non-ortho nitro benzene ring substituents is 1. The van der Waals surface area contributed by atoms with Crippen molar-refractivity contribution in [3.8, 4) is 0 Å². The van der Waals surface area contributed by atoms with Crippen LogP contribution in [0.15, 0.2) is 57.8 Å². The molecule has 24 heavy (non-hydrogen) atoms. The smallest absolute Gasteiger partial charge is 0.342 e. The number of nitro groups is 1. The van der Waals surface area contributed by atoms with E-state index in [4.69, 9.17) is 0 Å². The number of thiazole rings is 1. The maximum absolute atomic E-state index is 11.5. The summed E-state index contributed by atoms with van der Waals surface area (Å²) < 4.78 is 1.62. The first kappa shape index (κ1) is 16.2. The SMILES string of the molecule is O=C(O)/C(=C\c1ccc([N+](=O)[O-])cc1)Sc1nc2ccccc2s1. The van der Waals surface area contributed by atoms with Crippen molar-refractivity contribution in [2.24, 2.45) is 0 Å². The monoisotopic (exact) mass is 358 g/mol. The van der Waals surface area contributed by atoms with E-state index in [0.717, 1.165) is 22.0 Å². The molecule has 6 nitrogen and oxygen atoms in total. The highest BCUT2D eigenvalue weighted by atomic mass is 32.2. The van der Waals surface area contributed by atoms with Gasteiger partial charge in [0.2, 0.25) is 0 Å². The van der Waals surface area contributed by atoms with Crippen molar-refractivity contribution in [2.75, 3.05) is 0 Å². The number of carboxylic acids is 1. The maximum atomic E-state index is 11.5. The molecule has 0 saturated heterocycles. The van der Waals surface area contributed by atoms with E-state index in [-0.39, 0.29) is 10.6 Å². The lowest BCUT2D eigenvalue weighted by molar-refractivity contribution is -0.384. The lowest BCUT2D eigenvalue weighted by Gasteiger charge is -2.00. The Morgan fingerprint density at radius 2 is 1.92 bits per heavy atom. The summed E-state index contributed by atoms with van der Waals surface area (Å²) in [7, 11) is 0. The molecule has 0 atom stereocenters. The largest absolute Gasteiger partial charge is 0.477 e. The van der Waals surface area contributed by atoms with Gasteiger partial charge in [0.05, 0.1) is 15.1 Å². The average Bonchev–Trinajstić information content (AvgIpc) is 2.97. The lowest BCUT2D eigenvalue weighted by atomic mass is 10.2. The number of hydrogen-bond donors (Lipinski definition) is 1. The molecule has 120 valence electrons. The van der Waals surface area contributed by atoms with Gasteiger partial charge in [-0.25, -0.2) is 9.78 Å². The van der Waals surface area contributed by atoms with E-state index in [1.807, 2.05) is 24.3 Å². The molecule has 0 unspecified atom stereocenters. The van der Waals surface area contributed by atoms with Gasteiger partial charge in [-0.15, -0.1) is 11.3 Å².